The third kappa shape index (κ3) is 2.77. The normalized spacial score (nSPS) is 11.2. The van der Waals surface area contributed by atoms with E-state index in [0.29, 0.717) is 12.0 Å². The van der Waals surface area contributed by atoms with Gasteiger partial charge >= 0.3 is 0 Å². The number of hydrogen-bond donors (Lipinski definition) is 2. The number of nitrogens with zero attached hydrogens (tertiary/aromatic N) is 4. The third-order valence-corrected chi connectivity index (χ3v) is 2.86. The standard InChI is InChI=1S/C13H22N6/c1-5-7-15-11-10-12(18-13(17-11)14-6-2)19(8-16-10)9(3)4/h8-9H,5-7H2,1-4H3,(H2,14,15,17,18). The first-order valence-electron chi connectivity index (χ1n) is 6.89. The Morgan fingerprint density at radius 1 is 1.21 bits per heavy atom. The Hall–Kier alpha value is -1.85. The molecule has 2 aromatic heterocycles. The van der Waals surface area contributed by atoms with E-state index in [4.69, 9.17) is 0 Å². The van der Waals surface area contributed by atoms with E-state index in [1.165, 1.54) is 0 Å². The number of imidazole rings is 1. The maximum absolute atomic E-state index is 4.55. The van der Waals surface area contributed by atoms with Crippen LogP contribution in [0.5, 0.6) is 0 Å². The van der Waals surface area contributed by atoms with Crippen molar-refractivity contribution in [2.75, 3.05) is 23.7 Å². The van der Waals surface area contributed by atoms with Crippen molar-refractivity contribution in [2.24, 2.45) is 0 Å². The summed E-state index contributed by atoms with van der Waals surface area (Å²) in [6.45, 7) is 10.1. The molecule has 6 nitrogen and oxygen atoms in total. The van der Waals surface area contributed by atoms with Crippen molar-refractivity contribution in [3.05, 3.63) is 6.33 Å². The zero-order valence-electron chi connectivity index (χ0n) is 12.1. The number of anilines is 2. The van der Waals surface area contributed by atoms with Gasteiger partial charge in [-0.15, -0.1) is 0 Å². The number of hydrogen-bond acceptors (Lipinski definition) is 5. The van der Waals surface area contributed by atoms with Crippen LogP contribution in [-0.2, 0) is 0 Å². The molecule has 0 aromatic carbocycles. The van der Waals surface area contributed by atoms with Gasteiger partial charge in [-0.1, -0.05) is 6.92 Å². The SMILES string of the molecule is CCCNc1nc(NCC)nc2c1ncn2C(C)C. The van der Waals surface area contributed by atoms with Crippen LogP contribution in [0, 0.1) is 0 Å². The fraction of sp³-hybridized carbons (Fsp3) is 0.615. The highest BCUT2D eigenvalue weighted by Crippen LogP contribution is 2.23. The van der Waals surface area contributed by atoms with Crippen LogP contribution in [0.1, 0.15) is 40.2 Å². The van der Waals surface area contributed by atoms with Crippen molar-refractivity contribution in [1.29, 1.82) is 0 Å². The summed E-state index contributed by atoms with van der Waals surface area (Å²) in [5.41, 5.74) is 1.71. The largest absolute Gasteiger partial charge is 0.368 e. The van der Waals surface area contributed by atoms with Crippen molar-refractivity contribution in [1.82, 2.24) is 19.5 Å². The third-order valence-electron chi connectivity index (χ3n) is 2.86. The van der Waals surface area contributed by atoms with Gasteiger partial charge < -0.3 is 15.2 Å². The van der Waals surface area contributed by atoms with Gasteiger partial charge in [-0.2, -0.15) is 9.97 Å². The lowest BCUT2D eigenvalue weighted by atomic mass is 10.4. The smallest absolute Gasteiger partial charge is 0.226 e. The van der Waals surface area contributed by atoms with Crippen molar-refractivity contribution >= 4 is 22.9 Å². The number of rotatable bonds is 6. The summed E-state index contributed by atoms with van der Waals surface area (Å²) in [7, 11) is 0. The molecule has 2 aromatic rings. The van der Waals surface area contributed by atoms with E-state index in [9.17, 15) is 0 Å². The molecule has 0 aliphatic heterocycles. The van der Waals surface area contributed by atoms with Crippen LogP contribution in [0.25, 0.3) is 11.2 Å². The first-order valence-corrected chi connectivity index (χ1v) is 6.89. The fourth-order valence-corrected chi connectivity index (χ4v) is 1.90. The van der Waals surface area contributed by atoms with Crippen LogP contribution < -0.4 is 10.6 Å². The first kappa shape index (κ1) is 13.6. The van der Waals surface area contributed by atoms with Crippen LogP contribution in [-0.4, -0.2) is 32.6 Å². The van der Waals surface area contributed by atoms with E-state index >= 15 is 0 Å². The highest BCUT2D eigenvalue weighted by atomic mass is 15.2. The van der Waals surface area contributed by atoms with E-state index in [2.05, 4.69) is 50.9 Å². The lowest BCUT2D eigenvalue weighted by molar-refractivity contribution is 0.613. The van der Waals surface area contributed by atoms with Crippen molar-refractivity contribution in [3.8, 4) is 0 Å². The molecule has 19 heavy (non-hydrogen) atoms. The van der Waals surface area contributed by atoms with Gasteiger partial charge in [-0.25, -0.2) is 4.98 Å². The van der Waals surface area contributed by atoms with Gasteiger partial charge in [0.25, 0.3) is 0 Å². The lowest BCUT2D eigenvalue weighted by Gasteiger charge is -2.11. The lowest BCUT2D eigenvalue weighted by Crippen LogP contribution is -2.09. The van der Waals surface area contributed by atoms with Crippen LogP contribution in [0.15, 0.2) is 6.33 Å². The molecule has 0 saturated carbocycles. The quantitative estimate of drug-likeness (QED) is 0.837. The first-order chi connectivity index (χ1) is 9.17. The number of nitrogens with one attached hydrogen (secondary N) is 2. The second-order valence-corrected chi connectivity index (χ2v) is 4.77. The Morgan fingerprint density at radius 3 is 2.63 bits per heavy atom. The molecule has 0 radical (unpaired) electrons. The van der Waals surface area contributed by atoms with E-state index in [1.54, 1.807) is 0 Å². The van der Waals surface area contributed by atoms with E-state index in [1.807, 2.05) is 13.3 Å². The van der Waals surface area contributed by atoms with Crippen LogP contribution >= 0.6 is 0 Å². The summed E-state index contributed by atoms with van der Waals surface area (Å²) in [5, 5.41) is 6.49. The Bertz CT molecular complexity index is 545. The summed E-state index contributed by atoms with van der Waals surface area (Å²) >= 11 is 0. The zero-order chi connectivity index (χ0) is 13.8. The highest BCUT2D eigenvalue weighted by Gasteiger charge is 2.14. The molecule has 2 N–H and O–H groups in total. The monoisotopic (exact) mass is 262 g/mol. The number of fused-ring (bicyclic) bond motifs is 1. The maximum Gasteiger partial charge on any atom is 0.226 e. The van der Waals surface area contributed by atoms with Gasteiger partial charge in [0.05, 0.1) is 6.33 Å². The Labute approximate surface area is 113 Å². The van der Waals surface area contributed by atoms with Gasteiger partial charge in [0.1, 0.15) is 0 Å². The van der Waals surface area contributed by atoms with Gasteiger partial charge in [0.2, 0.25) is 5.95 Å². The molecule has 0 fully saturated rings. The van der Waals surface area contributed by atoms with Crippen molar-refractivity contribution < 1.29 is 0 Å². The summed E-state index contributed by atoms with van der Waals surface area (Å²) in [4.78, 5) is 13.5. The Morgan fingerprint density at radius 2 is 2.00 bits per heavy atom. The van der Waals surface area contributed by atoms with Gasteiger partial charge in [0, 0.05) is 19.1 Å². The molecule has 6 heteroatoms. The van der Waals surface area contributed by atoms with Gasteiger partial charge in [-0.05, 0) is 27.2 Å². The topological polar surface area (TPSA) is 67.7 Å². The van der Waals surface area contributed by atoms with Crippen LogP contribution in [0.2, 0.25) is 0 Å². The molecular weight excluding hydrogens is 240 g/mol. The summed E-state index contributed by atoms with van der Waals surface area (Å²) in [5.74, 6) is 1.46. The van der Waals surface area contributed by atoms with Crippen molar-refractivity contribution in [3.63, 3.8) is 0 Å². The fourth-order valence-electron chi connectivity index (χ4n) is 1.90. The second kappa shape index (κ2) is 5.86. The molecule has 0 bridgehead atoms. The van der Waals surface area contributed by atoms with Crippen molar-refractivity contribution in [2.45, 2.75) is 40.2 Å². The van der Waals surface area contributed by atoms with E-state index in [-0.39, 0.29) is 0 Å². The van der Waals surface area contributed by atoms with Crippen LogP contribution in [0.3, 0.4) is 0 Å². The van der Waals surface area contributed by atoms with E-state index < -0.39 is 0 Å². The summed E-state index contributed by atoms with van der Waals surface area (Å²) in [6, 6.07) is 0.327. The molecule has 104 valence electrons. The minimum atomic E-state index is 0.327. The van der Waals surface area contributed by atoms with E-state index in [0.717, 1.165) is 36.5 Å². The molecule has 0 spiro atoms. The molecule has 0 unspecified atom stereocenters. The maximum atomic E-state index is 4.55. The Balaban J connectivity index is 2.51. The molecule has 2 heterocycles. The Kier molecular flexibility index (Phi) is 4.19. The molecular formula is C13H22N6. The minimum Gasteiger partial charge on any atom is -0.368 e. The molecule has 0 saturated heterocycles. The zero-order valence-corrected chi connectivity index (χ0v) is 12.1. The summed E-state index contributed by atoms with van der Waals surface area (Å²) in [6.07, 6.45) is 2.88. The minimum absolute atomic E-state index is 0.327. The average Bonchev–Trinajstić information content (AvgIpc) is 2.80. The number of aromatic nitrogens is 4. The highest BCUT2D eigenvalue weighted by molar-refractivity contribution is 5.84. The molecule has 0 atom stereocenters. The molecule has 2 rings (SSSR count). The predicted octanol–water partition coefficient (Wildman–Crippen LogP) is 2.66. The van der Waals surface area contributed by atoms with Crippen LogP contribution in [0.4, 0.5) is 11.8 Å². The van der Waals surface area contributed by atoms with Gasteiger partial charge in [0.15, 0.2) is 17.0 Å². The molecule has 0 amide bonds. The molecule has 0 aliphatic rings. The second-order valence-electron chi connectivity index (χ2n) is 4.77. The van der Waals surface area contributed by atoms with Gasteiger partial charge in [-0.3, -0.25) is 0 Å². The molecule has 0 aliphatic carbocycles. The summed E-state index contributed by atoms with van der Waals surface area (Å²) < 4.78 is 2.06. The predicted molar refractivity (Wildman–Crippen MR) is 78.7 cm³/mol. The average molecular weight is 262 g/mol.